The Hall–Kier alpha value is -3.67. The Morgan fingerprint density at radius 2 is 1.74 bits per heavy atom. The van der Waals surface area contributed by atoms with Gasteiger partial charge in [-0.3, -0.25) is 9.69 Å². The van der Waals surface area contributed by atoms with Crippen molar-refractivity contribution >= 4 is 38.4 Å². The van der Waals surface area contributed by atoms with E-state index < -0.39 is 28.1 Å². The topological polar surface area (TPSA) is 134 Å². The number of nitrogens with one attached hydrogen (secondary N) is 2. The van der Waals surface area contributed by atoms with Crippen molar-refractivity contribution in [1.29, 1.82) is 0 Å². The molecule has 0 aromatic heterocycles. The first-order valence-corrected chi connectivity index (χ1v) is 12.5. The zero-order chi connectivity index (χ0) is 25.0. The van der Waals surface area contributed by atoms with Crippen LogP contribution in [0.5, 0.6) is 5.75 Å². The zero-order valence-electron chi connectivity index (χ0n) is 19.2. The van der Waals surface area contributed by atoms with Gasteiger partial charge in [0.15, 0.2) is 6.17 Å². The molecule has 0 aliphatic carbocycles. The van der Waals surface area contributed by atoms with Crippen LogP contribution in [0.15, 0.2) is 71.6 Å². The summed E-state index contributed by atoms with van der Waals surface area (Å²) in [6.45, 7) is 0.322. The van der Waals surface area contributed by atoms with Gasteiger partial charge in [-0.1, -0.05) is 30.3 Å². The van der Waals surface area contributed by atoms with Gasteiger partial charge in [0, 0.05) is 31.9 Å². The molecule has 1 aliphatic rings. The van der Waals surface area contributed by atoms with Gasteiger partial charge in [0.2, 0.25) is 10.0 Å². The molecule has 4 N–H and O–H groups in total. The van der Waals surface area contributed by atoms with Crippen molar-refractivity contribution in [1.82, 2.24) is 14.5 Å². The predicted molar refractivity (Wildman–Crippen MR) is 132 cm³/mol. The van der Waals surface area contributed by atoms with E-state index in [9.17, 15) is 18.0 Å². The lowest BCUT2D eigenvalue weighted by Crippen LogP contribution is -2.55. The number of rotatable bonds is 7. The van der Waals surface area contributed by atoms with Crippen molar-refractivity contribution in [2.45, 2.75) is 11.1 Å². The van der Waals surface area contributed by atoms with E-state index in [1.807, 2.05) is 24.3 Å². The highest BCUT2D eigenvalue weighted by Crippen LogP contribution is 2.28. The van der Waals surface area contributed by atoms with E-state index in [0.29, 0.717) is 11.4 Å². The van der Waals surface area contributed by atoms with Gasteiger partial charge in [0.1, 0.15) is 5.75 Å². The van der Waals surface area contributed by atoms with Crippen LogP contribution >= 0.6 is 0 Å². The highest BCUT2D eigenvalue weighted by Gasteiger charge is 2.46. The number of fused-ring (bicyclic) bond motifs is 1. The summed E-state index contributed by atoms with van der Waals surface area (Å²) in [5, 5.41) is 6.98. The van der Waals surface area contributed by atoms with Crippen LogP contribution in [0.2, 0.25) is 0 Å². The van der Waals surface area contributed by atoms with Crippen LogP contribution in [0.4, 0.5) is 10.5 Å². The lowest BCUT2D eigenvalue weighted by atomic mass is 10.1. The maximum absolute atomic E-state index is 13.6. The SMILES string of the molecule is COc1ccc(NC(=O)N2CCN(S(=O)(=O)c3ccc4ccccc4c3)C2C(=O)NCCN)cc1. The molecule has 184 valence electrons. The number of nitrogens with two attached hydrogens (primary N) is 1. The van der Waals surface area contributed by atoms with E-state index in [0.717, 1.165) is 15.1 Å². The van der Waals surface area contributed by atoms with Gasteiger partial charge >= 0.3 is 6.03 Å². The Labute approximate surface area is 203 Å². The molecule has 1 atom stereocenters. The lowest BCUT2D eigenvalue weighted by molar-refractivity contribution is -0.127. The Bertz CT molecular complexity index is 1330. The molecule has 0 radical (unpaired) electrons. The molecule has 1 unspecified atom stereocenters. The van der Waals surface area contributed by atoms with Crippen LogP contribution in [-0.4, -0.2) is 69.0 Å². The van der Waals surface area contributed by atoms with Crippen LogP contribution in [0.25, 0.3) is 10.8 Å². The fraction of sp³-hybridized carbons (Fsp3) is 0.250. The largest absolute Gasteiger partial charge is 0.497 e. The fourth-order valence-corrected chi connectivity index (χ4v) is 5.54. The number of amides is 3. The normalized spacial score (nSPS) is 16.3. The summed E-state index contributed by atoms with van der Waals surface area (Å²) in [6.07, 6.45) is -1.36. The number of sulfonamides is 1. The quantitative estimate of drug-likeness (QED) is 0.456. The highest BCUT2D eigenvalue weighted by molar-refractivity contribution is 7.89. The lowest BCUT2D eigenvalue weighted by Gasteiger charge is -2.28. The summed E-state index contributed by atoms with van der Waals surface area (Å²) in [5.74, 6) is -0.00180. The van der Waals surface area contributed by atoms with Gasteiger partial charge in [-0.2, -0.15) is 4.31 Å². The first-order valence-electron chi connectivity index (χ1n) is 11.1. The van der Waals surface area contributed by atoms with Crippen LogP contribution in [0, 0.1) is 0 Å². The number of anilines is 1. The standard InChI is InChI=1S/C24H27N5O5S/c1-34-20-9-7-19(8-10-20)27-24(31)28-14-15-29(23(28)22(30)26-13-12-25)35(32,33)21-11-6-17-4-2-3-5-18(17)16-21/h2-11,16,23H,12-15,25H2,1H3,(H,26,30)(H,27,31). The minimum Gasteiger partial charge on any atom is -0.497 e. The third kappa shape index (κ3) is 5.06. The molecule has 1 fully saturated rings. The third-order valence-electron chi connectivity index (χ3n) is 5.74. The second-order valence-corrected chi connectivity index (χ2v) is 9.82. The fourth-order valence-electron chi connectivity index (χ4n) is 3.96. The summed E-state index contributed by atoms with van der Waals surface area (Å²) < 4.78 is 33.4. The van der Waals surface area contributed by atoms with Crippen molar-refractivity contribution < 1.29 is 22.7 Å². The Kier molecular flexibility index (Phi) is 7.20. The van der Waals surface area contributed by atoms with E-state index in [1.165, 1.54) is 18.1 Å². The monoisotopic (exact) mass is 497 g/mol. The average molecular weight is 498 g/mol. The molecule has 11 heteroatoms. The molecule has 1 aliphatic heterocycles. The van der Waals surface area contributed by atoms with E-state index in [1.54, 1.807) is 36.4 Å². The van der Waals surface area contributed by atoms with E-state index in [4.69, 9.17) is 10.5 Å². The number of urea groups is 1. The van der Waals surface area contributed by atoms with Gasteiger partial charge in [0.05, 0.1) is 12.0 Å². The first kappa shape index (κ1) is 24.5. The molecule has 0 saturated carbocycles. The van der Waals surface area contributed by atoms with Crippen molar-refractivity contribution in [2.75, 3.05) is 38.6 Å². The molecule has 3 aromatic carbocycles. The second-order valence-electron chi connectivity index (χ2n) is 7.93. The average Bonchev–Trinajstić information content (AvgIpc) is 3.34. The van der Waals surface area contributed by atoms with Gasteiger partial charge in [-0.15, -0.1) is 0 Å². The molecule has 0 bridgehead atoms. The van der Waals surface area contributed by atoms with Crippen molar-refractivity contribution in [2.24, 2.45) is 5.73 Å². The second kappa shape index (κ2) is 10.3. The van der Waals surface area contributed by atoms with Gasteiger partial charge in [-0.05, 0) is 47.2 Å². The predicted octanol–water partition coefficient (Wildman–Crippen LogP) is 1.79. The Morgan fingerprint density at radius 3 is 2.43 bits per heavy atom. The van der Waals surface area contributed by atoms with Gasteiger partial charge < -0.3 is 21.1 Å². The molecule has 3 amide bonds. The van der Waals surface area contributed by atoms with Gasteiger partial charge in [0.25, 0.3) is 5.91 Å². The number of methoxy groups -OCH3 is 1. The number of hydrogen-bond donors (Lipinski definition) is 3. The number of carbonyl (C=O) groups excluding carboxylic acids is 2. The molecule has 4 rings (SSSR count). The van der Waals surface area contributed by atoms with Crippen molar-refractivity contribution in [3.05, 3.63) is 66.7 Å². The molecule has 1 heterocycles. The molecular weight excluding hydrogens is 470 g/mol. The van der Waals surface area contributed by atoms with Crippen LogP contribution in [-0.2, 0) is 14.8 Å². The number of benzene rings is 3. The van der Waals surface area contributed by atoms with Crippen LogP contribution in [0.1, 0.15) is 0 Å². The Morgan fingerprint density at radius 1 is 1.03 bits per heavy atom. The summed E-state index contributed by atoms with van der Waals surface area (Å²) in [5.41, 5.74) is 5.99. The molecule has 35 heavy (non-hydrogen) atoms. The molecule has 10 nitrogen and oxygen atoms in total. The summed E-state index contributed by atoms with van der Waals surface area (Å²) >= 11 is 0. The number of hydrogen-bond acceptors (Lipinski definition) is 6. The van der Waals surface area contributed by atoms with E-state index in [-0.39, 0.29) is 31.1 Å². The third-order valence-corrected chi connectivity index (χ3v) is 7.59. The minimum atomic E-state index is -4.09. The molecular formula is C24H27N5O5S. The maximum atomic E-state index is 13.6. The van der Waals surface area contributed by atoms with E-state index in [2.05, 4.69) is 10.6 Å². The van der Waals surface area contributed by atoms with Crippen LogP contribution in [0.3, 0.4) is 0 Å². The number of carbonyl (C=O) groups is 2. The maximum Gasteiger partial charge on any atom is 0.323 e. The summed E-state index contributed by atoms with van der Waals surface area (Å²) in [6, 6.07) is 18.3. The van der Waals surface area contributed by atoms with Crippen LogP contribution < -0.4 is 21.1 Å². The molecule has 1 saturated heterocycles. The van der Waals surface area contributed by atoms with Crippen molar-refractivity contribution in [3.63, 3.8) is 0 Å². The van der Waals surface area contributed by atoms with Gasteiger partial charge in [-0.25, -0.2) is 13.2 Å². The molecule has 0 spiro atoms. The minimum absolute atomic E-state index is 0.0358. The van der Waals surface area contributed by atoms with Crippen molar-refractivity contribution in [3.8, 4) is 5.75 Å². The smallest absolute Gasteiger partial charge is 0.323 e. The van der Waals surface area contributed by atoms with E-state index >= 15 is 0 Å². The number of ether oxygens (including phenoxy) is 1. The number of nitrogens with zero attached hydrogens (tertiary/aromatic N) is 2. The summed E-state index contributed by atoms with van der Waals surface area (Å²) in [4.78, 5) is 27.4. The molecule has 3 aromatic rings. The zero-order valence-corrected chi connectivity index (χ0v) is 20.0. The first-order chi connectivity index (χ1) is 16.8. The summed E-state index contributed by atoms with van der Waals surface area (Å²) in [7, 11) is -2.56. The highest BCUT2D eigenvalue weighted by atomic mass is 32.2. The Balaban J connectivity index is 1.63.